The van der Waals surface area contributed by atoms with Gasteiger partial charge in [0.15, 0.2) is 5.15 Å². The normalized spacial score (nSPS) is 10.5. The maximum atomic E-state index is 8.94. The van der Waals surface area contributed by atoms with E-state index in [1.54, 1.807) is 18.2 Å². The SMILES string of the molecule is OB(O)c1ccc2c(Cl)nncc2c1. The van der Waals surface area contributed by atoms with Gasteiger partial charge in [-0.2, -0.15) is 5.10 Å². The molecule has 1 aromatic heterocycles. The molecule has 4 nitrogen and oxygen atoms in total. The second kappa shape index (κ2) is 3.53. The zero-order valence-electron chi connectivity index (χ0n) is 7.05. The zero-order chi connectivity index (χ0) is 10.1. The van der Waals surface area contributed by atoms with E-state index in [9.17, 15) is 0 Å². The van der Waals surface area contributed by atoms with E-state index in [4.69, 9.17) is 21.6 Å². The molecule has 0 bridgehead atoms. The van der Waals surface area contributed by atoms with E-state index >= 15 is 0 Å². The second-order valence-corrected chi connectivity index (χ2v) is 3.21. The van der Waals surface area contributed by atoms with Crippen LogP contribution in [0.25, 0.3) is 10.8 Å². The van der Waals surface area contributed by atoms with Crippen molar-refractivity contribution < 1.29 is 10.0 Å². The maximum Gasteiger partial charge on any atom is 0.488 e. The molecule has 70 valence electrons. The third-order valence-electron chi connectivity index (χ3n) is 1.94. The molecule has 0 amide bonds. The molecule has 1 aromatic carbocycles. The van der Waals surface area contributed by atoms with Gasteiger partial charge in [0.1, 0.15) is 0 Å². The lowest BCUT2D eigenvalue weighted by Gasteiger charge is -2.02. The van der Waals surface area contributed by atoms with Crippen molar-refractivity contribution in [2.24, 2.45) is 0 Å². The molecule has 0 aliphatic carbocycles. The van der Waals surface area contributed by atoms with Crippen molar-refractivity contribution in [1.82, 2.24) is 10.2 Å². The largest absolute Gasteiger partial charge is 0.488 e. The average molecular weight is 208 g/mol. The highest BCUT2D eigenvalue weighted by Crippen LogP contribution is 2.17. The standard InChI is InChI=1S/C8H6BClN2O2/c10-8-7-2-1-6(9(13)14)3-5(7)4-11-12-8/h1-4,13-14H. The lowest BCUT2D eigenvalue weighted by molar-refractivity contribution is 0.426. The van der Waals surface area contributed by atoms with Crippen LogP contribution < -0.4 is 5.46 Å². The van der Waals surface area contributed by atoms with Gasteiger partial charge in [0.05, 0.1) is 6.20 Å². The van der Waals surface area contributed by atoms with E-state index in [-0.39, 0.29) is 0 Å². The summed E-state index contributed by atoms with van der Waals surface area (Å²) in [4.78, 5) is 0. The van der Waals surface area contributed by atoms with Crippen LogP contribution in [0.4, 0.5) is 0 Å². The van der Waals surface area contributed by atoms with Gasteiger partial charge in [-0.05, 0) is 5.46 Å². The molecular weight excluding hydrogens is 202 g/mol. The number of fused-ring (bicyclic) bond motifs is 1. The van der Waals surface area contributed by atoms with Crippen LogP contribution in [0.2, 0.25) is 5.15 Å². The lowest BCUT2D eigenvalue weighted by Crippen LogP contribution is -2.29. The molecule has 2 rings (SSSR count). The molecule has 1 heterocycles. The van der Waals surface area contributed by atoms with Crippen molar-refractivity contribution in [2.45, 2.75) is 0 Å². The van der Waals surface area contributed by atoms with Crippen LogP contribution in [0.5, 0.6) is 0 Å². The quantitative estimate of drug-likeness (QED) is 0.646. The molecule has 0 unspecified atom stereocenters. The minimum Gasteiger partial charge on any atom is -0.423 e. The Hall–Kier alpha value is -1.17. The number of aromatic nitrogens is 2. The molecule has 0 fully saturated rings. The van der Waals surface area contributed by atoms with Crippen molar-refractivity contribution in [3.8, 4) is 0 Å². The summed E-state index contributed by atoms with van der Waals surface area (Å²) < 4.78 is 0. The highest BCUT2D eigenvalue weighted by Gasteiger charge is 2.11. The van der Waals surface area contributed by atoms with Crippen molar-refractivity contribution in [3.05, 3.63) is 29.5 Å². The number of benzene rings is 1. The van der Waals surface area contributed by atoms with Crippen LogP contribution in [0.3, 0.4) is 0 Å². The highest BCUT2D eigenvalue weighted by molar-refractivity contribution is 6.59. The van der Waals surface area contributed by atoms with Gasteiger partial charge in [-0.15, -0.1) is 5.10 Å². The fourth-order valence-corrected chi connectivity index (χ4v) is 1.45. The topological polar surface area (TPSA) is 66.2 Å². The van der Waals surface area contributed by atoms with Crippen LogP contribution in [-0.4, -0.2) is 27.4 Å². The molecule has 0 radical (unpaired) electrons. The lowest BCUT2D eigenvalue weighted by atomic mass is 9.80. The first-order valence-electron chi connectivity index (χ1n) is 3.95. The van der Waals surface area contributed by atoms with Gasteiger partial charge in [0.25, 0.3) is 0 Å². The van der Waals surface area contributed by atoms with Gasteiger partial charge in [0.2, 0.25) is 0 Å². The molecular formula is C8H6BClN2O2. The fraction of sp³-hybridized carbons (Fsp3) is 0. The summed E-state index contributed by atoms with van der Waals surface area (Å²) in [6, 6.07) is 4.88. The van der Waals surface area contributed by atoms with Crippen molar-refractivity contribution in [1.29, 1.82) is 0 Å². The van der Waals surface area contributed by atoms with Crippen LogP contribution in [-0.2, 0) is 0 Å². The Morgan fingerprint density at radius 1 is 1.29 bits per heavy atom. The first-order valence-corrected chi connectivity index (χ1v) is 4.33. The summed E-state index contributed by atoms with van der Waals surface area (Å²) in [5.41, 5.74) is 0.404. The molecule has 2 aromatic rings. The van der Waals surface area contributed by atoms with E-state index in [0.717, 1.165) is 10.8 Å². The van der Waals surface area contributed by atoms with Crippen LogP contribution >= 0.6 is 11.6 Å². The molecule has 0 saturated carbocycles. The summed E-state index contributed by atoms with van der Waals surface area (Å²) in [5.74, 6) is 0. The fourth-order valence-electron chi connectivity index (χ4n) is 1.23. The molecule has 0 aliphatic heterocycles. The minimum absolute atomic E-state index is 0.307. The zero-order valence-corrected chi connectivity index (χ0v) is 7.81. The third kappa shape index (κ3) is 1.57. The van der Waals surface area contributed by atoms with Crippen LogP contribution in [0.1, 0.15) is 0 Å². The molecule has 0 spiro atoms. The van der Waals surface area contributed by atoms with E-state index in [1.165, 1.54) is 6.20 Å². The van der Waals surface area contributed by atoms with Crippen molar-refractivity contribution >= 4 is 35.0 Å². The Bertz CT molecular complexity index is 478. The second-order valence-electron chi connectivity index (χ2n) is 2.86. The predicted molar refractivity (Wildman–Crippen MR) is 54.4 cm³/mol. The van der Waals surface area contributed by atoms with Gasteiger partial charge < -0.3 is 10.0 Å². The highest BCUT2D eigenvalue weighted by atomic mass is 35.5. The summed E-state index contributed by atoms with van der Waals surface area (Å²) in [7, 11) is -1.48. The summed E-state index contributed by atoms with van der Waals surface area (Å²) in [5, 5.41) is 27.0. The van der Waals surface area contributed by atoms with E-state index in [0.29, 0.717) is 10.6 Å². The van der Waals surface area contributed by atoms with Gasteiger partial charge in [-0.1, -0.05) is 29.8 Å². The number of rotatable bonds is 1. The molecule has 0 aliphatic rings. The molecule has 6 heteroatoms. The Labute approximate surface area is 85.3 Å². The molecule has 14 heavy (non-hydrogen) atoms. The van der Waals surface area contributed by atoms with Crippen molar-refractivity contribution in [2.75, 3.05) is 0 Å². The number of hydrogen-bond donors (Lipinski definition) is 2. The van der Waals surface area contributed by atoms with Gasteiger partial charge in [-0.25, -0.2) is 0 Å². The summed E-state index contributed by atoms with van der Waals surface area (Å²) in [6.07, 6.45) is 1.52. The van der Waals surface area contributed by atoms with E-state index in [2.05, 4.69) is 10.2 Å². The summed E-state index contributed by atoms with van der Waals surface area (Å²) in [6.45, 7) is 0. The first kappa shape index (κ1) is 9.39. The Balaban J connectivity index is 2.67. The Kier molecular flexibility index (Phi) is 2.37. The molecule has 2 N–H and O–H groups in total. The van der Waals surface area contributed by atoms with E-state index in [1.807, 2.05) is 0 Å². The molecule has 0 saturated heterocycles. The number of nitrogens with zero attached hydrogens (tertiary/aromatic N) is 2. The Morgan fingerprint density at radius 3 is 2.79 bits per heavy atom. The monoisotopic (exact) mass is 208 g/mol. The van der Waals surface area contributed by atoms with Gasteiger partial charge >= 0.3 is 7.12 Å². The number of halogens is 1. The number of hydrogen-bond acceptors (Lipinski definition) is 4. The van der Waals surface area contributed by atoms with Crippen LogP contribution in [0.15, 0.2) is 24.4 Å². The third-order valence-corrected chi connectivity index (χ3v) is 2.22. The average Bonchev–Trinajstić information content (AvgIpc) is 2.17. The van der Waals surface area contributed by atoms with Gasteiger partial charge in [-0.3, -0.25) is 0 Å². The molecule has 0 atom stereocenters. The van der Waals surface area contributed by atoms with Crippen LogP contribution in [0, 0.1) is 0 Å². The predicted octanol–water partition coefficient (Wildman–Crippen LogP) is -0.0370. The van der Waals surface area contributed by atoms with E-state index < -0.39 is 7.12 Å². The first-order chi connectivity index (χ1) is 6.68. The minimum atomic E-state index is -1.48. The summed E-state index contributed by atoms with van der Waals surface area (Å²) >= 11 is 5.79. The van der Waals surface area contributed by atoms with Gasteiger partial charge in [0, 0.05) is 10.8 Å². The smallest absolute Gasteiger partial charge is 0.423 e. The maximum absolute atomic E-state index is 8.94. The Morgan fingerprint density at radius 2 is 2.07 bits per heavy atom. The van der Waals surface area contributed by atoms with Crippen molar-refractivity contribution in [3.63, 3.8) is 0 Å².